The minimum absolute atomic E-state index is 0.798. The maximum atomic E-state index is 5.43. The first kappa shape index (κ1) is 16.9. The molecule has 20 heavy (non-hydrogen) atoms. The van der Waals surface area contributed by atoms with Crippen molar-refractivity contribution < 1.29 is 4.74 Å². The molecule has 0 amide bonds. The van der Waals surface area contributed by atoms with Crippen LogP contribution in [0.25, 0.3) is 0 Å². The molecule has 0 aliphatic rings. The number of ether oxygens (including phenoxy) is 1. The van der Waals surface area contributed by atoms with Gasteiger partial charge in [-0.1, -0.05) is 13.8 Å². The summed E-state index contributed by atoms with van der Waals surface area (Å²) in [5, 5.41) is 3.48. The maximum absolute atomic E-state index is 5.43. The number of methoxy groups -OCH3 is 1. The predicted octanol–water partition coefficient (Wildman–Crippen LogP) is 2.53. The third-order valence-corrected chi connectivity index (χ3v) is 3.63. The Balaban J connectivity index is 2.46. The van der Waals surface area contributed by atoms with Crippen molar-refractivity contribution >= 4 is 0 Å². The second-order valence-electron chi connectivity index (χ2n) is 5.16. The van der Waals surface area contributed by atoms with E-state index < -0.39 is 0 Å². The van der Waals surface area contributed by atoms with Crippen LogP contribution in [0.1, 0.15) is 37.1 Å². The molecule has 0 unspecified atom stereocenters. The van der Waals surface area contributed by atoms with Gasteiger partial charge in [0, 0.05) is 37.0 Å². The molecule has 0 radical (unpaired) electrons. The number of likely N-dealkylation sites (N-methyl/N-ethyl adjacent to an activating group) is 1. The van der Waals surface area contributed by atoms with Gasteiger partial charge in [0.1, 0.15) is 5.75 Å². The van der Waals surface area contributed by atoms with Gasteiger partial charge in [-0.25, -0.2) is 0 Å². The molecule has 4 heteroatoms. The van der Waals surface area contributed by atoms with Crippen LogP contribution in [0.5, 0.6) is 5.75 Å². The lowest BCUT2D eigenvalue weighted by Crippen LogP contribution is -2.32. The Hall–Kier alpha value is -1.13. The highest BCUT2D eigenvalue weighted by atomic mass is 16.5. The SMILES string of the molecule is CCCN(CC)CCNCc1ncc(C)c(OC)c1C. The first-order chi connectivity index (χ1) is 9.63. The number of hydrogen-bond acceptors (Lipinski definition) is 4. The quantitative estimate of drug-likeness (QED) is 0.705. The Bertz CT molecular complexity index is 407. The summed E-state index contributed by atoms with van der Waals surface area (Å²) in [5.74, 6) is 0.956. The highest BCUT2D eigenvalue weighted by Crippen LogP contribution is 2.23. The first-order valence-corrected chi connectivity index (χ1v) is 7.56. The molecule has 1 rings (SSSR count). The normalized spacial score (nSPS) is 11.1. The summed E-state index contributed by atoms with van der Waals surface area (Å²) in [5.41, 5.74) is 3.31. The fraction of sp³-hybridized carbons (Fsp3) is 0.688. The van der Waals surface area contributed by atoms with Crippen LogP contribution < -0.4 is 10.1 Å². The molecule has 1 aromatic rings. The number of rotatable bonds is 9. The van der Waals surface area contributed by atoms with E-state index in [1.165, 1.54) is 13.0 Å². The highest BCUT2D eigenvalue weighted by molar-refractivity contribution is 5.40. The van der Waals surface area contributed by atoms with E-state index >= 15 is 0 Å². The van der Waals surface area contributed by atoms with Crippen LogP contribution in [-0.2, 0) is 6.54 Å². The average Bonchev–Trinajstić information content (AvgIpc) is 2.44. The Labute approximate surface area is 123 Å². The Morgan fingerprint density at radius 2 is 2.00 bits per heavy atom. The molecule has 1 heterocycles. The molecule has 0 aromatic carbocycles. The lowest BCUT2D eigenvalue weighted by Gasteiger charge is -2.19. The van der Waals surface area contributed by atoms with E-state index in [4.69, 9.17) is 4.74 Å². The van der Waals surface area contributed by atoms with Crippen LogP contribution >= 0.6 is 0 Å². The zero-order chi connectivity index (χ0) is 15.0. The van der Waals surface area contributed by atoms with Gasteiger partial charge in [0.05, 0.1) is 12.8 Å². The molecular formula is C16H29N3O. The second-order valence-corrected chi connectivity index (χ2v) is 5.16. The summed E-state index contributed by atoms with van der Waals surface area (Å²) in [6, 6.07) is 0. The number of pyridine rings is 1. The van der Waals surface area contributed by atoms with E-state index in [2.05, 4.69) is 36.0 Å². The molecule has 0 saturated heterocycles. The summed E-state index contributed by atoms with van der Waals surface area (Å²) >= 11 is 0. The van der Waals surface area contributed by atoms with Crippen LogP contribution in [0.4, 0.5) is 0 Å². The third kappa shape index (κ3) is 4.76. The van der Waals surface area contributed by atoms with Gasteiger partial charge in [0.15, 0.2) is 0 Å². The molecule has 0 saturated carbocycles. The summed E-state index contributed by atoms with van der Waals surface area (Å²) in [4.78, 5) is 6.96. The van der Waals surface area contributed by atoms with Gasteiger partial charge in [-0.2, -0.15) is 0 Å². The predicted molar refractivity (Wildman–Crippen MR) is 84.4 cm³/mol. The van der Waals surface area contributed by atoms with E-state index in [1.807, 2.05) is 13.1 Å². The van der Waals surface area contributed by atoms with Crippen molar-refractivity contribution in [3.63, 3.8) is 0 Å². The van der Waals surface area contributed by atoms with Crippen molar-refractivity contribution in [1.82, 2.24) is 15.2 Å². The Morgan fingerprint density at radius 1 is 1.25 bits per heavy atom. The molecule has 0 aliphatic carbocycles. The molecule has 4 nitrogen and oxygen atoms in total. The van der Waals surface area contributed by atoms with Crippen LogP contribution in [0.3, 0.4) is 0 Å². The first-order valence-electron chi connectivity index (χ1n) is 7.56. The lowest BCUT2D eigenvalue weighted by atomic mass is 10.1. The van der Waals surface area contributed by atoms with Crippen molar-refractivity contribution in [3.05, 3.63) is 23.0 Å². The number of nitrogens with one attached hydrogen (secondary N) is 1. The molecule has 0 aliphatic heterocycles. The van der Waals surface area contributed by atoms with Crippen molar-refractivity contribution in [2.24, 2.45) is 0 Å². The van der Waals surface area contributed by atoms with Crippen LogP contribution in [0.2, 0.25) is 0 Å². The Kier molecular flexibility index (Phi) is 7.55. The number of aryl methyl sites for hydroxylation is 1. The number of aromatic nitrogens is 1. The fourth-order valence-electron chi connectivity index (χ4n) is 2.44. The summed E-state index contributed by atoms with van der Waals surface area (Å²) in [6.07, 6.45) is 3.10. The van der Waals surface area contributed by atoms with E-state index in [1.54, 1.807) is 7.11 Å². The van der Waals surface area contributed by atoms with E-state index in [0.29, 0.717) is 0 Å². The summed E-state index contributed by atoms with van der Waals surface area (Å²) < 4.78 is 5.43. The van der Waals surface area contributed by atoms with Gasteiger partial charge in [-0.3, -0.25) is 4.98 Å². The largest absolute Gasteiger partial charge is 0.496 e. The standard InChI is InChI=1S/C16H29N3O/c1-6-9-19(7-2)10-8-17-12-15-14(4)16(20-5)13(3)11-18-15/h11,17H,6-10,12H2,1-5H3. The number of hydrogen-bond donors (Lipinski definition) is 1. The summed E-state index contributed by atoms with van der Waals surface area (Å²) in [7, 11) is 1.72. The zero-order valence-electron chi connectivity index (χ0n) is 13.6. The molecule has 1 N–H and O–H groups in total. The van der Waals surface area contributed by atoms with Crippen LogP contribution in [0.15, 0.2) is 6.20 Å². The van der Waals surface area contributed by atoms with E-state index in [0.717, 1.165) is 48.7 Å². The summed E-state index contributed by atoms with van der Waals surface area (Å²) in [6.45, 7) is 13.7. The molecule has 0 bridgehead atoms. The molecular weight excluding hydrogens is 250 g/mol. The third-order valence-electron chi connectivity index (χ3n) is 3.63. The maximum Gasteiger partial charge on any atom is 0.128 e. The number of nitrogens with zero attached hydrogens (tertiary/aromatic N) is 2. The van der Waals surface area contributed by atoms with Crippen LogP contribution in [0, 0.1) is 13.8 Å². The van der Waals surface area contributed by atoms with Gasteiger partial charge in [-0.05, 0) is 33.4 Å². The van der Waals surface area contributed by atoms with Crippen molar-refractivity contribution in [2.45, 2.75) is 40.7 Å². The Morgan fingerprint density at radius 3 is 2.60 bits per heavy atom. The van der Waals surface area contributed by atoms with Gasteiger partial charge in [0.2, 0.25) is 0 Å². The highest BCUT2D eigenvalue weighted by Gasteiger charge is 2.09. The van der Waals surface area contributed by atoms with E-state index in [-0.39, 0.29) is 0 Å². The van der Waals surface area contributed by atoms with Crippen LogP contribution in [-0.4, -0.2) is 43.2 Å². The monoisotopic (exact) mass is 279 g/mol. The minimum Gasteiger partial charge on any atom is -0.496 e. The zero-order valence-corrected chi connectivity index (χ0v) is 13.6. The van der Waals surface area contributed by atoms with Crippen molar-refractivity contribution in [3.8, 4) is 5.75 Å². The molecule has 0 atom stereocenters. The molecule has 1 aromatic heterocycles. The second kappa shape index (κ2) is 8.93. The molecule has 114 valence electrons. The minimum atomic E-state index is 0.798. The van der Waals surface area contributed by atoms with Gasteiger partial charge in [-0.15, -0.1) is 0 Å². The van der Waals surface area contributed by atoms with Gasteiger partial charge >= 0.3 is 0 Å². The lowest BCUT2D eigenvalue weighted by molar-refractivity contribution is 0.287. The smallest absolute Gasteiger partial charge is 0.128 e. The molecule has 0 spiro atoms. The molecule has 0 fully saturated rings. The fourth-order valence-corrected chi connectivity index (χ4v) is 2.44. The average molecular weight is 279 g/mol. The van der Waals surface area contributed by atoms with E-state index in [9.17, 15) is 0 Å². The van der Waals surface area contributed by atoms with Gasteiger partial charge in [0.25, 0.3) is 0 Å². The van der Waals surface area contributed by atoms with Crippen molar-refractivity contribution in [2.75, 3.05) is 33.3 Å². The van der Waals surface area contributed by atoms with Crippen molar-refractivity contribution in [1.29, 1.82) is 0 Å². The van der Waals surface area contributed by atoms with Gasteiger partial charge < -0.3 is 15.0 Å². The topological polar surface area (TPSA) is 37.4 Å².